The number of carbonyl (C=O) groups excluding carboxylic acids is 1. The van der Waals surface area contributed by atoms with Crippen molar-refractivity contribution in [2.24, 2.45) is 0 Å². The Bertz CT molecular complexity index is 816. The molecule has 2 aromatic heterocycles. The van der Waals surface area contributed by atoms with Crippen LogP contribution in [0.2, 0.25) is 0 Å². The Morgan fingerprint density at radius 3 is 2.58 bits per heavy atom. The summed E-state index contributed by atoms with van der Waals surface area (Å²) in [5, 5.41) is 6.11. The number of nitrogens with one attached hydrogen (secondary N) is 2. The molecule has 2 N–H and O–H groups in total. The summed E-state index contributed by atoms with van der Waals surface area (Å²) >= 11 is 0. The molecule has 3 aromatic rings. The van der Waals surface area contributed by atoms with Gasteiger partial charge in [-0.25, -0.2) is 0 Å². The number of carbonyl (C=O) groups is 1. The molecule has 0 saturated carbocycles. The van der Waals surface area contributed by atoms with E-state index in [0.29, 0.717) is 12.1 Å². The minimum absolute atomic E-state index is 0.168. The maximum atomic E-state index is 12.3. The fourth-order valence-corrected chi connectivity index (χ4v) is 2.22. The number of nitrogens with zero attached hydrogens (tertiary/aromatic N) is 2. The molecular weight excluding hydrogens is 300 g/mol. The van der Waals surface area contributed by atoms with Gasteiger partial charge in [0.15, 0.2) is 0 Å². The van der Waals surface area contributed by atoms with E-state index in [1.807, 2.05) is 43.3 Å². The van der Waals surface area contributed by atoms with Crippen molar-refractivity contribution < 1.29 is 4.79 Å². The van der Waals surface area contributed by atoms with Crippen LogP contribution >= 0.6 is 0 Å². The van der Waals surface area contributed by atoms with Gasteiger partial charge in [0.2, 0.25) is 0 Å². The minimum atomic E-state index is -0.168. The van der Waals surface area contributed by atoms with Crippen LogP contribution in [-0.4, -0.2) is 15.9 Å². The first kappa shape index (κ1) is 15.7. The lowest BCUT2D eigenvalue weighted by atomic mass is 10.2. The van der Waals surface area contributed by atoms with E-state index in [9.17, 15) is 4.79 Å². The highest BCUT2D eigenvalue weighted by Crippen LogP contribution is 2.17. The SMILES string of the molecule is Cc1ccc(Nc2cncc(C(=O)NCc3cccnc3)c2)cc1. The average Bonchev–Trinajstić information content (AvgIpc) is 2.63. The van der Waals surface area contributed by atoms with Crippen molar-refractivity contribution in [2.45, 2.75) is 13.5 Å². The molecule has 0 atom stereocenters. The van der Waals surface area contributed by atoms with E-state index in [1.54, 1.807) is 30.9 Å². The molecule has 0 spiro atoms. The van der Waals surface area contributed by atoms with Crippen molar-refractivity contribution in [3.05, 3.63) is 83.9 Å². The molecular formula is C19H18N4O. The van der Waals surface area contributed by atoms with Crippen molar-refractivity contribution in [1.29, 1.82) is 0 Å². The molecule has 0 saturated heterocycles. The molecule has 5 nitrogen and oxygen atoms in total. The second kappa shape index (κ2) is 7.37. The van der Waals surface area contributed by atoms with Crippen molar-refractivity contribution in [1.82, 2.24) is 15.3 Å². The summed E-state index contributed by atoms with van der Waals surface area (Å²) in [6, 6.07) is 13.6. The summed E-state index contributed by atoms with van der Waals surface area (Å²) in [5.74, 6) is -0.168. The first-order valence-corrected chi connectivity index (χ1v) is 7.66. The van der Waals surface area contributed by atoms with Crippen LogP contribution in [0.25, 0.3) is 0 Å². The van der Waals surface area contributed by atoms with E-state index in [0.717, 1.165) is 16.9 Å². The molecule has 0 radical (unpaired) electrons. The van der Waals surface area contributed by atoms with Crippen LogP contribution in [0.5, 0.6) is 0 Å². The molecule has 3 rings (SSSR count). The third-order valence-corrected chi connectivity index (χ3v) is 3.52. The van der Waals surface area contributed by atoms with Crippen molar-refractivity contribution in [3.8, 4) is 0 Å². The van der Waals surface area contributed by atoms with E-state index in [2.05, 4.69) is 20.6 Å². The number of benzene rings is 1. The quantitative estimate of drug-likeness (QED) is 0.756. The summed E-state index contributed by atoms with van der Waals surface area (Å²) in [6.07, 6.45) is 6.68. The smallest absolute Gasteiger partial charge is 0.253 e. The zero-order chi connectivity index (χ0) is 16.8. The molecule has 2 heterocycles. The van der Waals surface area contributed by atoms with Crippen LogP contribution < -0.4 is 10.6 Å². The Kier molecular flexibility index (Phi) is 4.81. The summed E-state index contributed by atoms with van der Waals surface area (Å²) in [6.45, 7) is 2.47. The zero-order valence-electron chi connectivity index (χ0n) is 13.4. The van der Waals surface area contributed by atoms with Crippen LogP contribution in [0.1, 0.15) is 21.5 Å². The summed E-state index contributed by atoms with van der Waals surface area (Å²) < 4.78 is 0. The summed E-state index contributed by atoms with van der Waals surface area (Å²) in [5.41, 5.74) is 4.38. The van der Waals surface area contributed by atoms with Gasteiger partial charge in [-0.1, -0.05) is 23.8 Å². The molecule has 0 fully saturated rings. The summed E-state index contributed by atoms with van der Waals surface area (Å²) in [7, 11) is 0. The fourth-order valence-electron chi connectivity index (χ4n) is 2.22. The zero-order valence-corrected chi connectivity index (χ0v) is 13.4. The number of pyridine rings is 2. The van der Waals surface area contributed by atoms with Gasteiger partial charge < -0.3 is 10.6 Å². The third-order valence-electron chi connectivity index (χ3n) is 3.52. The lowest BCUT2D eigenvalue weighted by molar-refractivity contribution is 0.0950. The standard InChI is InChI=1S/C19H18N4O/c1-14-4-6-17(7-5-14)23-18-9-16(12-21-13-18)19(24)22-11-15-3-2-8-20-10-15/h2-10,12-13,23H,11H2,1H3,(H,22,24). The van der Waals surface area contributed by atoms with E-state index in [-0.39, 0.29) is 5.91 Å². The molecule has 0 bridgehead atoms. The first-order valence-electron chi connectivity index (χ1n) is 7.66. The molecule has 1 amide bonds. The first-order chi connectivity index (χ1) is 11.7. The minimum Gasteiger partial charge on any atom is -0.354 e. The predicted octanol–water partition coefficient (Wildman–Crippen LogP) is 3.46. The average molecular weight is 318 g/mol. The third kappa shape index (κ3) is 4.16. The molecule has 24 heavy (non-hydrogen) atoms. The van der Waals surface area contributed by atoms with Crippen LogP contribution in [0.15, 0.2) is 67.3 Å². The van der Waals surface area contributed by atoms with Crippen molar-refractivity contribution in [3.63, 3.8) is 0 Å². The number of amides is 1. The van der Waals surface area contributed by atoms with Crippen LogP contribution in [0.3, 0.4) is 0 Å². The lowest BCUT2D eigenvalue weighted by Gasteiger charge is -2.09. The number of aromatic nitrogens is 2. The number of aryl methyl sites for hydroxylation is 1. The fraction of sp³-hybridized carbons (Fsp3) is 0.105. The molecule has 120 valence electrons. The van der Waals surface area contributed by atoms with Crippen molar-refractivity contribution in [2.75, 3.05) is 5.32 Å². The van der Waals surface area contributed by atoms with Gasteiger partial charge in [0, 0.05) is 30.8 Å². The molecule has 0 aliphatic carbocycles. The van der Waals surface area contributed by atoms with Gasteiger partial charge in [-0.15, -0.1) is 0 Å². The molecule has 0 aliphatic rings. The van der Waals surface area contributed by atoms with Gasteiger partial charge in [-0.05, 0) is 36.8 Å². The van der Waals surface area contributed by atoms with Gasteiger partial charge in [-0.3, -0.25) is 14.8 Å². The topological polar surface area (TPSA) is 66.9 Å². The molecule has 0 unspecified atom stereocenters. The number of hydrogen-bond donors (Lipinski definition) is 2. The summed E-state index contributed by atoms with van der Waals surface area (Å²) in [4.78, 5) is 20.4. The maximum absolute atomic E-state index is 12.3. The van der Waals surface area contributed by atoms with Gasteiger partial charge in [0.25, 0.3) is 5.91 Å². The van der Waals surface area contributed by atoms with Gasteiger partial charge in [-0.2, -0.15) is 0 Å². The van der Waals surface area contributed by atoms with E-state index in [1.165, 1.54) is 5.56 Å². The number of hydrogen-bond acceptors (Lipinski definition) is 4. The Labute approximate surface area is 140 Å². The van der Waals surface area contributed by atoms with Gasteiger partial charge >= 0.3 is 0 Å². The Balaban J connectivity index is 1.65. The molecule has 1 aromatic carbocycles. The maximum Gasteiger partial charge on any atom is 0.253 e. The second-order valence-electron chi connectivity index (χ2n) is 5.50. The normalized spacial score (nSPS) is 10.2. The van der Waals surface area contributed by atoms with Crippen LogP contribution in [0, 0.1) is 6.92 Å². The van der Waals surface area contributed by atoms with Crippen LogP contribution in [-0.2, 0) is 6.54 Å². The highest BCUT2D eigenvalue weighted by atomic mass is 16.1. The monoisotopic (exact) mass is 318 g/mol. The largest absolute Gasteiger partial charge is 0.354 e. The van der Waals surface area contributed by atoms with Crippen LogP contribution in [0.4, 0.5) is 11.4 Å². The predicted molar refractivity (Wildman–Crippen MR) is 94.1 cm³/mol. The van der Waals surface area contributed by atoms with Gasteiger partial charge in [0.05, 0.1) is 17.4 Å². The van der Waals surface area contributed by atoms with E-state index < -0.39 is 0 Å². The van der Waals surface area contributed by atoms with Gasteiger partial charge in [0.1, 0.15) is 0 Å². The lowest BCUT2D eigenvalue weighted by Crippen LogP contribution is -2.23. The van der Waals surface area contributed by atoms with E-state index >= 15 is 0 Å². The Morgan fingerprint density at radius 1 is 1.00 bits per heavy atom. The molecule has 0 aliphatic heterocycles. The second-order valence-corrected chi connectivity index (χ2v) is 5.50. The highest BCUT2D eigenvalue weighted by Gasteiger charge is 2.07. The Hall–Kier alpha value is -3.21. The number of rotatable bonds is 5. The highest BCUT2D eigenvalue weighted by molar-refractivity contribution is 5.94. The Morgan fingerprint density at radius 2 is 1.83 bits per heavy atom. The molecule has 5 heteroatoms. The van der Waals surface area contributed by atoms with E-state index in [4.69, 9.17) is 0 Å². The number of anilines is 2. The van der Waals surface area contributed by atoms with Crippen molar-refractivity contribution >= 4 is 17.3 Å².